The summed E-state index contributed by atoms with van der Waals surface area (Å²) in [5.74, 6) is -1.22. The zero-order valence-electron chi connectivity index (χ0n) is 8.39. The standard InChI is InChI=1S/C9H10Cl6O2/c10-5-6(11)8(13)4(2-17)3(1-16)7(5,12)9(8,14)15/h3-6,16-17H,1-2H2/t3-,4+,5-,6+,7+,8-. The molecule has 2 nitrogen and oxygen atoms in total. The fourth-order valence-electron chi connectivity index (χ4n) is 3.05. The molecule has 0 aromatic carbocycles. The fraction of sp³-hybridized carbons (Fsp3) is 1.00. The Labute approximate surface area is 129 Å². The van der Waals surface area contributed by atoms with Crippen LogP contribution in [0.3, 0.4) is 0 Å². The number of aliphatic hydroxyl groups is 2. The van der Waals surface area contributed by atoms with E-state index >= 15 is 0 Å². The number of alkyl halides is 6. The Morgan fingerprint density at radius 1 is 0.765 bits per heavy atom. The minimum Gasteiger partial charge on any atom is -0.396 e. The molecule has 2 rings (SSSR count). The van der Waals surface area contributed by atoms with Gasteiger partial charge in [0.1, 0.15) is 9.75 Å². The van der Waals surface area contributed by atoms with Gasteiger partial charge in [-0.3, -0.25) is 0 Å². The van der Waals surface area contributed by atoms with Crippen molar-refractivity contribution in [3.63, 3.8) is 0 Å². The molecule has 0 aliphatic heterocycles. The quantitative estimate of drug-likeness (QED) is 0.741. The van der Waals surface area contributed by atoms with Crippen LogP contribution in [0.1, 0.15) is 0 Å². The van der Waals surface area contributed by atoms with E-state index < -0.39 is 36.7 Å². The number of hydrogen-bond donors (Lipinski definition) is 2. The fourth-order valence-corrected chi connectivity index (χ4v) is 6.53. The second-order valence-corrected chi connectivity index (χ2v) is 8.01. The predicted octanol–water partition coefficient (Wildman–Crippen LogP) is 2.57. The number of rotatable bonds is 2. The molecule has 0 amide bonds. The van der Waals surface area contributed by atoms with Crippen LogP contribution in [0, 0.1) is 11.8 Å². The van der Waals surface area contributed by atoms with E-state index in [-0.39, 0.29) is 13.2 Å². The summed E-state index contributed by atoms with van der Waals surface area (Å²) in [4.78, 5) is -2.73. The van der Waals surface area contributed by atoms with Crippen molar-refractivity contribution in [2.75, 3.05) is 13.2 Å². The molecule has 2 N–H and O–H groups in total. The first-order valence-corrected chi connectivity index (χ1v) is 7.35. The average molecular weight is 363 g/mol. The lowest BCUT2D eigenvalue weighted by atomic mass is 9.79. The number of fused-ring (bicyclic) bond motifs is 2. The molecule has 0 aromatic rings. The molecule has 2 aliphatic rings. The Bertz CT molecular complexity index is 309. The van der Waals surface area contributed by atoms with Crippen LogP contribution >= 0.6 is 69.6 Å². The first kappa shape index (κ1) is 15.1. The van der Waals surface area contributed by atoms with Crippen LogP contribution in [-0.4, -0.2) is 48.3 Å². The third-order valence-corrected chi connectivity index (χ3v) is 8.76. The highest BCUT2D eigenvalue weighted by Crippen LogP contribution is 2.74. The minimum atomic E-state index is -1.62. The Kier molecular flexibility index (Phi) is 3.83. The molecule has 0 aromatic heterocycles. The van der Waals surface area contributed by atoms with Crippen LogP contribution in [0.25, 0.3) is 0 Å². The summed E-state index contributed by atoms with van der Waals surface area (Å²) in [6.07, 6.45) is 0. The maximum absolute atomic E-state index is 9.43. The molecular formula is C9H10Cl6O2. The van der Waals surface area contributed by atoms with Crippen molar-refractivity contribution in [1.82, 2.24) is 0 Å². The van der Waals surface area contributed by atoms with Crippen molar-refractivity contribution in [2.45, 2.75) is 24.8 Å². The third kappa shape index (κ3) is 1.40. The van der Waals surface area contributed by atoms with Gasteiger partial charge in [0.2, 0.25) is 0 Å². The van der Waals surface area contributed by atoms with Crippen molar-refractivity contribution >= 4 is 69.6 Å². The molecule has 2 saturated carbocycles. The molecule has 6 atom stereocenters. The normalized spacial score (nSPS) is 56.5. The zero-order valence-corrected chi connectivity index (χ0v) is 12.9. The van der Waals surface area contributed by atoms with Gasteiger partial charge in [0.15, 0.2) is 4.33 Å². The van der Waals surface area contributed by atoms with Gasteiger partial charge in [0, 0.05) is 25.0 Å². The SMILES string of the molecule is OC[C@@H]1[C@H](CO)[C@@]2(Cl)[C@@H](Cl)[C@@H](Cl)[C@]1(Cl)C2(Cl)Cl. The molecule has 0 saturated heterocycles. The van der Waals surface area contributed by atoms with E-state index in [2.05, 4.69) is 0 Å². The van der Waals surface area contributed by atoms with Crippen molar-refractivity contribution < 1.29 is 10.2 Å². The molecule has 100 valence electrons. The van der Waals surface area contributed by atoms with Gasteiger partial charge in [-0.2, -0.15) is 0 Å². The van der Waals surface area contributed by atoms with Gasteiger partial charge in [-0.1, -0.05) is 23.2 Å². The smallest absolute Gasteiger partial charge is 0.160 e. The molecule has 17 heavy (non-hydrogen) atoms. The van der Waals surface area contributed by atoms with Crippen LogP contribution in [0.4, 0.5) is 0 Å². The predicted molar refractivity (Wildman–Crippen MR) is 72.0 cm³/mol. The number of hydrogen-bond acceptors (Lipinski definition) is 2. The van der Waals surface area contributed by atoms with E-state index in [4.69, 9.17) is 69.6 Å². The molecule has 0 radical (unpaired) electrons. The zero-order chi connectivity index (χ0) is 13.2. The lowest BCUT2D eigenvalue weighted by molar-refractivity contribution is 0.0953. The Hall–Kier alpha value is 1.66. The van der Waals surface area contributed by atoms with Crippen molar-refractivity contribution in [1.29, 1.82) is 0 Å². The van der Waals surface area contributed by atoms with Crippen LogP contribution in [0.15, 0.2) is 0 Å². The minimum absolute atomic E-state index is 0.322. The maximum atomic E-state index is 9.43. The van der Waals surface area contributed by atoms with Crippen LogP contribution < -0.4 is 0 Å². The highest BCUT2D eigenvalue weighted by Gasteiger charge is 2.85. The number of aliphatic hydroxyl groups excluding tert-OH is 2. The summed E-state index contributed by atoms with van der Waals surface area (Å²) in [5.41, 5.74) is 0. The van der Waals surface area contributed by atoms with Gasteiger partial charge < -0.3 is 10.2 Å². The Balaban J connectivity index is 2.63. The third-order valence-electron chi connectivity index (χ3n) is 3.98. The summed E-state index contributed by atoms with van der Waals surface area (Å²) >= 11 is 37.7. The van der Waals surface area contributed by atoms with E-state index in [9.17, 15) is 10.2 Å². The van der Waals surface area contributed by atoms with Gasteiger partial charge in [-0.25, -0.2) is 0 Å². The molecule has 2 bridgehead atoms. The summed E-state index contributed by atoms with van der Waals surface area (Å²) in [6.45, 7) is -0.644. The van der Waals surface area contributed by atoms with Gasteiger partial charge in [0.05, 0.1) is 10.8 Å². The topological polar surface area (TPSA) is 40.5 Å². The van der Waals surface area contributed by atoms with Crippen molar-refractivity contribution in [2.24, 2.45) is 11.8 Å². The molecule has 8 heteroatoms. The monoisotopic (exact) mass is 360 g/mol. The molecule has 0 heterocycles. The summed E-state index contributed by atoms with van der Waals surface area (Å²) in [6, 6.07) is 0. The number of halogens is 6. The van der Waals surface area contributed by atoms with E-state index in [0.29, 0.717) is 0 Å². The lowest BCUT2D eigenvalue weighted by Crippen LogP contribution is -2.52. The van der Waals surface area contributed by atoms with E-state index in [0.717, 1.165) is 0 Å². The molecule has 2 fully saturated rings. The van der Waals surface area contributed by atoms with Gasteiger partial charge in [0.25, 0.3) is 0 Å². The van der Waals surface area contributed by atoms with E-state index in [1.165, 1.54) is 0 Å². The molecular weight excluding hydrogens is 353 g/mol. The summed E-state index contributed by atoms with van der Waals surface area (Å²) in [5, 5.41) is 17.3. The molecule has 2 aliphatic carbocycles. The second-order valence-electron chi connectivity index (χ2n) is 4.49. The second kappa shape index (κ2) is 4.33. The van der Waals surface area contributed by atoms with Crippen LogP contribution in [0.5, 0.6) is 0 Å². The summed E-state index contributed by atoms with van der Waals surface area (Å²) < 4.78 is -1.62. The van der Waals surface area contributed by atoms with Crippen LogP contribution in [-0.2, 0) is 0 Å². The first-order valence-electron chi connectivity index (χ1n) is 4.96. The highest BCUT2D eigenvalue weighted by molar-refractivity contribution is 6.62. The largest absolute Gasteiger partial charge is 0.396 e. The van der Waals surface area contributed by atoms with E-state index in [1.54, 1.807) is 0 Å². The lowest BCUT2D eigenvalue weighted by Gasteiger charge is -2.40. The molecule has 0 spiro atoms. The summed E-state index contributed by atoms with van der Waals surface area (Å²) in [7, 11) is 0. The Morgan fingerprint density at radius 2 is 1.06 bits per heavy atom. The van der Waals surface area contributed by atoms with Crippen molar-refractivity contribution in [3.8, 4) is 0 Å². The molecule has 0 unspecified atom stereocenters. The van der Waals surface area contributed by atoms with E-state index in [1.807, 2.05) is 0 Å². The van der Waals surface area contributed by atoms with Gasteiger partial charge in [-0.15, -0.1) is 46.4 Å². The van der Waals surface area contributed by atoms with Crippen LogP contribution in [0.2, 0.25) is 0 Å². The maximum Gasteiger partial charge on any atom is 0.160 e. The highest BCUT2D eigenvalue weighted by atomic mass is 35.5. The van der Waals surface area contributed by atoms with Crippen molar-refractivity contribution in [3.05, 3.63) is 0 Å². The van der Waals surface area contributed by atoms with Gasteiger partial charge in [-0.05, 0) is 0 Å². The van der Waals surface area contributed by atoms with Gasteiger partial charge >= 0.3 is 0 Å². The first-order chi connectivity index (χ1) is 7.71. The average Bonchev–Trinajstić information content (AvgIpc) is 2.48. The Morgan fingerprint density at radius 3 is 1.29 bits per heavy atom.